The molecule has 0 bridgehead atoms. The summed E-state index contributed by atoms with van der Waals surface area (Å²) in [5.74, 6) is 0.0962. The summed E-state index contributed by atoms with van der Waals surface area (Å²) in [5, 5.41) is 2.47. The fourth-order valence-electron chi connectivity index (χ4n) is 1.75. The zero-order valence-corrected chi connectivity index (χ0v) is 13.4. The van der Waals surface area contributed by atoms with E-state index in [-0.39, 0.29) is 36.6 Å². The van der Waals surface area contributed by atoms with Crippen LogP contribution in [-0.2, 0) is 4.79 Å². The molecule has 1 atom stereocenters. The summed E-state index contributed by atoms with van der Waals surface area (Å²) >= 11 is 1.42. The second kappa shape index (κ2) is 8.21. The average Bonchev–Trinajstić information content (AvgIpc) is 2.75. The van der Waals surface area contributed by atoms with Gasteiger partial charge in [0.15, 0.2) is 5.13 Å². The van der Waals surface area contributed by atoms with E-state index in [1.54, 1.807) is 6.92 Å². The van der Waals surface area contributed by atoms with Gasteiger partial charge in [-0.3, -0.25) is 4.79 Å². The largest absolute Gasteiger partial charge is 0.375 e. The number of rotatable bonds is 4. The number of hydrogen-bond acceptors (Lipinski definition) is 5. The van der Waals surface area contributed by atoms with Gasteiger partial charge >= 0.3 is 0 Å². The molecule has 0 saturated heterocycles. The highest BCUT2D eigenvalue weighted by molar-refractivity contribution is 7.13. The van der Waals surface area contributed by atoms with Crippen molar-refractivity contribution in [2.24, 2.45) is 5.73 Å². The summed E-state index contributed by atoms with van der Waals surface area (Å²) in [6.07, 6.45) is 0.364. The van der Waals surface area contributed by atoms with Crippen molar-refractivity contribution in [3.8, 4) is 11.3 Å². The number of ketones is 1. The van der Waals surface area contributed by atoms with E-state index in [9.17, 15) is 4.79 Å². The van der Waals surface area contributed by atoms with Crippen molar-refractivity contribution in [2.45, 2.75) is 19.4 Å². The van der Waals surface area contributed by atoms with Crippen molar-refractivity contribution in [3.05, 3.63) is 35.2 Å². The lowest BCUT2D eigenvalue weighted by Gasteiger charge is -2.10. The van der Waals surface area contributed by atoms with Crippen molar-refractivity contribution in [1.82, 2.24) is 4.98 Å². The van der Waals surface area contributed by atoms with Gasteiger partial charge in [-0.05, 0) is 12.5 Å². The molecule has 0 fully saturated rings. The maximum atomic E-state index is 11.0. The molecule has 0 amide bonds. The maximum absolute atomic E-state index is 11.0. The first-order chi connectivity index (χ1) is 8.56. The molecule has 0 spiro atoms. The van der Waals surface area contributed by atoms with Crippen LogP contribution in [0.25, 0.3) is 11.3 Å². The Kier molecular flexibility index (Phi) is 7.75. The number of thiazole rings is 1. The van der Waals surface area contributed by atoms with Crippen LogP contribution in [0.15, 0.2) is 29.6 Å². The minimum Gasteiger partial charge on any atom is -0.375 e. The molecule has 4 N–H and O–H groups in total. The zero-order chi connectivity index (χ0) is 13.1. The summed E-state index contributed by atoms with van der Waals surface area (Å²) in [5.41, 5.74) is 14.4. The third-order valence-corrected chi connectivity index (χ3v) is 3.34. The van der Waals surface area contributed by atoms with Crippen LogP contribution >= 0.6 is 36.2 Å². The molecule has 0 aliphatic rings. The number of nitrogens with two attached hydrogens (primary N) is 2. The second-order valence-electron chi connectivity index (χ2n) is 4.21. The van der Waals surface area contributed by atoms with Gasteiger partial charge in [0, 0.05) is 23.4 Å². The topological polar surface area (TPSA) is 82.0 Å². The number of aromatic nitrogens is 1. The van der Waals surface area contributed by atoms with Crippen LogP contribution in [0, 0.1) is 0 Å². The molecule has 2 aromatic rings. The highest BCUT2D eigenvalue weighted by Gasteiger charge is 2.09. The minimum absolute atomic E-state index is 0. The van der Waals surface area contributed by atoms with E-state index in [1.165, 1.54) is 11.3 Å². The standard InChI is InChI=1S/C13H15N3OS.2ClH/c1-8(17)6-11(14)9-2-4-10(5-3-9)12-7-18-13(15)16-12;;/h2-5,7,11H,6,14H2,1H3,(H2,15,16);2*1H. The van der Waals surface area contributed by atoms with Crippen molar-refractivity contribution in [1.29, 1.82) is 0 Å². The van der Waals surface area contributed by atoms with Crippen molar-refractivity contribution >= 4 is 47.1 Å². The van der Waals surface area contributed by atoms with Gasteiger partial charge in [0.1, 0.15) is 5.78 Å². The number of benzene rings is 1. The average molecular weight is 334 g/mol. The number of anilines is 1. The summed E-state index contributed by atoms with van der Waals surface area (Å²) in [7, 11) is 0. The molecule has 0 saturated carbocycles. The van der Waals surface area contributed by atoms with Crippen LogP contribution in [-0.4, -0.2) is 10.8 Å². The fraction of sp³-hybridized carbons (Fsp3) is 0.231. The Balaban J connectivity index is 0.00000180. The number of hydrogen-bond donors (Lipinski definition) is 2. The number of halogens is 2. The SMILES string of the molecule is CC(=O)CC(N)c1ccc(-c2csc(N)n2)cc1.Cl.Cl. The third-order valence-electron chi connectivity index (χ3n) is 2.66. The molecule has 1 aromatic heterocycles. The van der Waals surface area contributed by atoms with Crippen LogP contribution in [0.1, 0.15) is 24.9 Å². The molecule has 4 nitrogen and oxygen atoms in total. The molecular formula is C13H17Cl2N3OS. The summed E-state index contributed by atoms with van der Waals surface area (Å²) in [6, 6.07) is 7.52. The van der Waals surface area contributed by atoms with E-state index in [2.05, 4.69) is 4.98 Å². The van der Waals surface area contributed by atoms with E-state index < -0.39 is 0 Å². The lowest BCUT2D eigenvalue weighted by Crippen LogP contribution is -2.13. The van der Waals surface area contributed by atoms with Gasteiger partial charge < -0.3 is 11.5 Å². The highest BCUT2D eigenvalue weighted by atomic mass is 35.5. The van der Waals surface area contributed by atoms with Gasteiger partial charge in [-0.15, -0.1) is 36.2 Å². The lowest BCUT2D eigenvalue weighted by molar-refractivity contribution is -0.117. The Hall–Kier alpha value is -1.14. The van der Waals surface area contributed by atoms with Gasteiger partial charge in [0.05, 0.1) is 5.69 Å². The Morgan fingerprint density at radius 2 is 1.90 bits per heavy atom. The molecule has 1 heterocycles. The Bertz CT molecular complexity index is 557. The van der Waals surface area contributed by atoms with E-state index in [4.69, 9.17) is 11.5 Å². The van der Waals surface area contributed by atoms with Gasteiger partial charge in [-0.1, -0.05) is 24.3 Å². The van der Waals surface area contributed by atoms with Crippen molar-refractivity contribution < 1.29 is 4.79 Å². The molecule has 0 aliphatic heterocycles. The predicted octanol–water partition coefficient (Wildman–Crippen LogP) is 3.21. The monoisotopic (exact) mass is 333 g/mol. The third kappa shape index (κ3) is 4.76. The van der Waals surface area contributed by atoms with Crippen molar-refractivity contribution in [2.75, 3.05) is 5.73 Å². The molecule has 0 aliphatic carbocycles. The fourth-order valence-corrected chi connectivity index (χ4v) is 2.32. The van der Waals surface area contributed by atoms with Gasteiger partial charge in [0.25, 0.3) is 0 Å². The molecule has 1 aromatic carbocycles. The predicted molar refractivity (Wildman–Crippen MR) is 88.7 cm³/mol. The van der Waals surface area contributed by atoms with Crippen LogP contribution in [0.4, 0.5) is 5.13 Å². The number of Topliss-reactive ketones (excluding diaryl/α,β-unsaturated/α-hetero) is 1. The number of nitrogen functional groups attached to an aromatic ring is 1. The van der Waals surface area contributed by atoms with Crippen LogP contribution < -0.4 is 11.5 Å². The Morgan fingerprint density at radius 3 is 2.35 bits per heavy atom. The first-order valence-electron chi connectivity index (χ1n) is 5.62. The first kappa shape index (κ1) is 18.9. The lowest BCUT2D eigenvalue weighted by atomic mass is 10.0. The maximum Gasteiger partial charge on any atom is 0.180 e. The normalized spacial score (nSPS) is 11.1. The Morgan fingerprint density at radius 1 is 1.30 bits per heavy atom. The number of nitrogens with zero attached hydrogens (tertiary/aromatic N) is 1. The van der Waals surface area contributed by atoms with E-state index in [0.717, 1.165) is 16.8 Å². The molecule has 7 heteroatoms. The quantitative estimate of drug-likeness (QED) is 0.899. The second-order valence-corrected chi connectivity index (χ2v) is 5.10. The van der Waals surface area contributed by atoms with Crippen molar-refractivity contribution in [3.63, 3.8) is 0 Å². The zero-order valence-electron chi connectivity index (χ0n) is 10.9. The number of carbonyl (C=O) groups is 1. The van der Waals surface area contributed by atoms with E-state index in [0.29, 0.717) is 11.6 Å². The smallest absolute Gasteiger partial charge is 0.180 e. The summed E-state index contributed by atoms with van der Waals surface area (Å²) in [6.45, 7) is 1.55. The van der Waals surface area contributed by atoms with Gasteiger partial charge in [-0.25, -0.2) is 4.98 Å². The Labute approximate surface area is 134 Å². The molecular weight excluding hydrogens is 317 g/mol. The van der Waals surface area contributed by atoms with Crippen LogP contribution in [0.2, 0.25) is 0 Å². The molecule has 0 radical (unpaired) electrons. The van der Waals surface area contributed by atoms with E-state index in [1.807, 2.05) is 29.6 Å². The highest BCUT2D eigenvalue weighted by Crippen LogP contribution is 2.24. The van der Waals surface area contributed by atoms with Gasteiger partial charge in [-0.2, -0.15) is 0 Å². The van der Waals surface area contributed by atoms with Crippen LogP contribution in [0.3, 0.4) is 0 Å². The molecule has 1 unspecified atom stereocenters. The molecule has 110 valence electrons. The molecule has 2 rings (SSSR count). The summed E-state index contributed by atoms with van der Waals surface area (Å²) < 4.78 is 0. The minimum atomic E-state index is -0.239. The first-order valence-corrected chi connectivity index (χ1v) is 6.50. The van der Waals surface area contributed by atoms with E-state index >= 15 is 0 Å². The summed E-state index contributed by atoms with van der Waals surface area (Å²) in [4.78, 5) is 15.2. The molecule has 20 heavy (non-hydrogen) atoms. The number of carbonyl (C=O) groups excluding carboxylic acids is 1. The van der Waals surface area contributed by atoms with Gasteiger partial charge in [0.2, 0.25) is 0 Å². The van der Waals surface area contributed by atoms with Crippen LogP contribution in [0.5, 0.6) is 0 Å².